The molecule has 2 unspecified atom stereocenters. The molecule has 1 heterocycles. The molecule has 0 spiro atoms. The van der Waals surface area contributed by atoms with Crippen LogP contribution in [-0.4, -0.2) is 17.6 Å². The summed E-state index contributed by atoms with van der Waals surface area (Å²) in [6.45, 7) is 1.99. The Kier molecular flexibility index (Phi) is 6.37. The summed E-state index contributed by atoms with van der Waals surface area (Å²) >= 11 is 1.49. The molecule has 1 N–H and O–H groups in total. The van der Waals surface area contributed by atoms with Gasteiger partial charge in [0.2, 0.25) is 11.8 Å². The predicted molar refractivity (Wildman–Crippen MR) is 124 cm³/mol. The van der Waals surface area contributed by atoms with E-state index in [1.807, 2.05) is 61.5 Å². The van der Waals surface area contributed by atoms with E-state index in [0.717, 1.165) is 11.1 Å². The van der Waals surface area contributed by atoms with Gasteiger partial charge in [-0.2, -0.15) is 0 Å². The third-order valence-corrected chi connectivity index (χ3v) is 6.53. The molecular formula is C25H23FN2O2S. The molecule has 0 aromatic heterocycles. The topological polar surface area (TPSA) is 49.4 Å². The standard InChI is InChI=1S/C25H23FN2O2S/c1-2-22(17-8-4-3-5-9-17)24(30)27-20-12-6-10-18(14-20)25-28(23(29)16-31-25)21-13-7-11-19(26)15-21/h3-15,22,25H,2,16H2,1H3,(H,27,30). The highest BCUT2D eigenvalue weighted by Crippen LogP contribution is 2.42. The minimum Gasteiger partial charge on any atom is -0.326 e. The van der Waals surface area contributed by atoms with Crippen LogP contribution in [0.2, 0.25) is 0 Å². The van der Waals surface area contributed by atoms with Gasteiger partial charge in [-0.15, -0.1) is 11.8 Å². The third kappa shape index (κ3) is 4.64. The van der Waals surface area contributed by atoms with Gasteiger partial charge in [0.1, 0.15) is 11.2 Å². The number of carbonyl (C=O) groups is 2. The summed E-state index contributed by atoms with van der Waals surface area (Å²) in [5.74, 6) is -0.429. The van der Waals surface area contributed by atoms with E-state index in [2.05, 4.69) is 5.32 Å². The van der Waals surface area contributed by atoms with Gasteiger partial charge in [0.25, 0.3) is 0 Å². The third-order valence-electron chi connectivity index (χ3n) is 5.32. The number of hydrogen-bond donors (Lipinski definition) is 1. The van der Waals surface area contributed by atoms with Crippen LogP contribution in [0.5, 0.6) is 0 Å². The summed E-state index contributed by atoms with van der Waals surface area (Å²) in [7, 11) is 0. The molecule has 4 rings (SSSR count). The fourth-order valence-corrected chi connectivity index (χ4v) is 5.00. The van der Waals surface area contributed by atoms with E-state index >= 15 is 0 Å². The van der Waals surface area contributed by atoms with Crippen molar-refractivity contribution in [3.05, 3.63) is 95.8 Å². The van der Waals surface area contributed by atoms with Crippen LogP contribution in [0.25, 0.3) is 0 Å². The Bertz CT molecular complexity index is 1090. The number of hydrogen-bond acceptors (Lipinski definition) is 3. The fraction of sp³-hybridized carbons (Fsp3) is 0.200. The Morgan fingerprint density at radius 3 is 2.61 bits per heavy atom. The molecule has 31 heavy (non-hydrogen) atoms. The SMILES string of the molecule is CCC(C(=O)Nc1cccc(C2SCC(=O)N2c2cccc(F)c2)c1)c1ccccc1. The van der Waals surface area contributed by atoms with Crippen LogP contribution in [0, 0.1) is 5.82 Å². The molecule has 0 radical (unpaired) electrons. The summed E-state index contributed by atoms with van der Waals surface area (Å²) < 4.78 is 13.7. The second kappa shape index (κ2) is 9.35. The fourth-order valence-electron chi connectivity index (χ4n) is 3.83. The van der Waals surface area contributed by atoms with Gasteiger partial charge in [0, 0.05) is 11.4 Å². The maximum atomic E-state index is 13.7. The van der Waals surface area contributed by atoms with Gasteiger partial charge >= 0.3 is 0 Å². The van der Waals surface area contributed by atoms with Crippen LogP contribution < -0.4 is 10.2 Å². The second-order valence-electron chi connectivity index (χ2n) is 7.39. The lowest BCUT2D eigenvalue weighted by Crippen LogP contribution is -2.28. The Balaban J connectivity index is 1.56. The lowest BCUT2D eigenvalue weighted by molar-refractivity contribution is -0.118. The first-order valence-electron chi connectivity index (χ1n) is 10.2. The molecule has 1 aliphatic rings. The zero-order valence-electron chi connectivity index (χ0n) is 17.1. The predicted octanol–water partition coefficient (Wildman–Crippen LogP) is 5.74. The van der Waals surface area contributed by atoms with Gasteiger partial charge in [-0.1, -0.05) is 55.5 Å². The van der Waals surface area contributed by atoms with Gasteiger partial charge in [0.15, 0.2) is 0 Å². The Morgan fingerprint density at radius 1 is 1.10 bits per heavy atom. The monoisotopic (exact) mass is 434 g/mol. The molecule has 3 aromatic rings. The highest BCUT2D eigenvalue weighted by atomic mass is 32.2. The number of rotatable bonds is 6. The van der Waals surface area contributed by atoms with Crippen molar-refractivity contribution in [1.29, 1.82) is 0 Å². The molecule has 4 nitrogen and oxygen atoms in total. The number of halogens is 1. The largest absolute Gasteiger partial charge is 0.326 e. The Hall–Kier alpha value is -3.12. The molecule has 158 valence electrons. The molecule has 1 aliphatic heterocycles. The van der Waals surface area contributed by atoms with E-state index < -0.39 is 0 Å². The average molecular weight is 435 g/mol. The normalized spacial score (nSPS) is 16.9. The maximum absolute atomic E-state index is 13.7. The molecule has 2 atom stereocenters. The molecular weight excluding hydrogens is 411 g/mol. The first-order chi connectivity index (χ1) is 15.1. The van der Waals surface area contributed by atoms with Gasteiger partial charge in [-0.3, -0.25) is 14.5 Å². The van der Waals surface area contributed by atoms with E-state index in [9.17, 15) is 14.0 Å². The van der Waals surface area contributed by atoms with Crippen molar-refractivity contribution in [3.8, 4) is 0 Å². The summed E-state index contributed by atoms with van der Waals surface area (Å²) in [6.07, 6.45) is 0.690. The van der Waals surface area contributed by atoms with E-state index in [0.29, 0.717) is 23.5 Å². The molecule has 1 saturated heterocycles. The molecule has 0 bridgehead atoms. The van der Waals surface area contributed by atoms with Gasteiger partial charge in [-0.25, -0.2) is 4.39 Å². The number of anilines is 2. The highest BCUT2D eigenvalue weighted by molar-refractivity contribution is 8.00. The summed E-state index contributed by atoms with van der Waals surface area (Å²) in [5, 5.41) is 2.74. The minimum absolute atomic E-state index is 0.0647. The number of nitrogens with zero attached hydrogens (tertiary/aromatic N) is 1. The molecule has 2 amide bonds. The van der Waals surface area contributed by atoms with Crippen LogP contribution in [-0.2, 0) is 9.59 Å². The zero-order chi connectivity index (χ0) is 21.8. The summed E-state index contributed by atoms with van der Waals surface area (Å²) in [5.41, 5.74) is 3.07. The molecule has 3 aromatic carbocycles. The van der Waals surface area contributed by atoms with E-state index in [-0.39, 0.29) is 28.9 Å². The van der Waals surface area contributed by atoms with Crippen LogP contribution >= 0.6 is 11.8 Å². The number of amides is 2. The van der Waals surface area contributed by atoms with Crippen molar-refractivity contribution in [1.82, 2.24) is 0 Å². The maximum Gasteiger partial charge on any atom is 0.238 e. The van der Waals surface area contributed by atoms with Crippen molar-refractivity contribution >= 4 is 35.0 Å². The van der Waals surface area contributed by atoms with Crippen LogP contribution in [0.1, 0.15) is 35.8 Å². The molecule has 6 heteroatoms. The van der Waals surface area contributed by atoms with Crippen molar-refractivity contribution in [2.24, 2.45) is 0 Å². The summed E-state index contributed by atoms with van der Waals surface area (Å²) in [4.78, 5) is 27.1. The first-order valence-corrected chi connectivity index (χ1v) is 11.3. The van der Waals surface area contributed by atoms with Crippen LogP contribution in [0.15, 0.2) is 78.9 Å². The molecule has 0 aliphatic carbocycles. The second-order valence-corrected chi connectivity index (χ2v) is 8.46. The lowest BCUT2D eigenvalue weighted by atomic mass is 9.95. The average Bonchev–Trinajstić information content (AvgIpc) is 3.16. The minimum atomic E-state index is -0.381. The van der Waals surface area contributed by atoms with Crippen molar-refractivity contribution < 1.29 is 14.0 Å². The quantitative estimate of drug-likeness (QED) is 0.538. The van der Waals surface area contributed by atoms with Gasteiger partial charge in [0.05, 0.1) is 11.7 Å². The van der Waals surface area contributed by atoms with Gasteiger partial charge < -0.3 is 5.32 Å². The van der Waals surface area contributed by atoms with Crippen molar-refractivity contribution in [3.63, 3.8) is 0 Å². The molecule has 1 fully saturated rings. The van der Waals surface area contributed by atoms with Crippen molar-refractivity contribution in [2.45, 2.75) is 24.6 Å². The summed E-state index contributed by atoms with van der Waals surface area (Å²) in [6, 6.07) is 23.3. The number of carbonyl (C=O) groups excluding carboxylic acids is 2. The smallest absolute Gasteiger partial charge is 0.238 e. The van der Waals surface area contributed by atoms with E-state index in [4.69, 9.17) is 0 Å². The number of nitrogens with one attached hydrogen (secondary N) is 1. The van der Waals surface area contributed by atoms with Crippen molar-refractivity contribution in [2.75, 3.05) is 16.0 Å². The Labute approximate surface area is 185 Å². The van der Waals surface area contributed by atoms with E-state index in [1.54, 1.807) is 17.0 Å². The zero-order valence-corrected chi connectivity index (χ0v) is 17.9. The number of benzene rings is 3. The molecule has 0 saturated carbocycles. The number of thioether (sulfide) groups is 1. The van der Waals surface area contributed by atoms with E-state index in [1.165, 1.54) is 23.9 Å². The lowest BCUT2D eigenvalue weighted by Gasteiger charge is -2.25. The Morgan fingerprint density at radius 2 is 1.87 bits per heavy atom. The van der Waals surface area contributed by atoms with Gasteiger partial charge in [-0.05, 0) is 47.9 Å². The highest BCUT2D eigenvalue weighted by Gasteiger charge is 2.34. The van der Waals surface area contributed by atoms with Crippen LogP contribution in [0.4, 0.5) is 15.8 Å². The van der Waals surface area contributed by atoms with Crippen LogP contribution in [0.3, 0.4) is 0 Å². The first kappa shape index (κ1) is 21.1.